The van der Waals surface area contributed by atoms with Gasteiger partial charge in [0.1, 0.15) is 5.75 Å². The number of anilines is 2. The maximum atomic E-state index is 12.5. The van der Waals surface area contributed by atoms with Gasteiger partial charge in [-0.05, 0) is 48.7 Å². The maximum absolute atomic E-state index is 12.5. The van der Waals surface area contributed by atoms with Gasteiger partial charge in [-0.3, -0.25) is 9.59 Å². The number of hydrogen-bond acceptors (Lipinski definition) is 5. The van der Waals surface area contributed by atoms with Gasteiger partial charge >= 0.3 is 0 Å². The lowest BCUT2D eigenvalue weighted by molar-refractivity contribution is -0.114. The number of hydrogen-bond donors (Lipinski definition) is 3. The lowest BCUT2D eigenvalue weighted by Gasteiger charge is -2.13. The molecule has 0 saturated carbocycles. The highest BCUT2D eigenvalue weighted by molar-refractivity contribution is 5.96. The van der Waals surface area contributed by atoms with Crippen LogP contribution in [0.15, 0.2) is 78.9 Å². The summed E-state index contributed by atoms with van der Waals surface area (Å²) in [4.78, 5) is 24.7. The molecule has 178 valence electrons. The number of carbonyl (C=O) groups excluding carboxylic acids is 2. The number of methoxy groups -OCH3 is 1. The molecule has 3 rings (SSSR count). The van der Waals surface area contributed by atoms with E-state index in [0.29, 0.717) is 42.4 Å². The van der Waals surface area contributed by atoms with Gasteiger partial charge in [-0.2, -0.15) is 0 Å². The van der Waals surface area contributed by atoms with Crippen LogP contribution in [0.1, 0.15) is 22.3 Å². The van der Waals surface area contributed by atoms with E-state index in [1.165, 1.54) is 5.56 Å². The summed E-state index contributed by atoms with van der Waals surface area (Å²) in [6, 6.07) is 24.7. The predicted octanol–water partition coefficient (Wildman–Crippen LogP) is 4.13. The Morgan fingerprint density at radius 1 is 0.882 bits per heavy atom. The van der Waals surface area contributed by atoms with Crippen LogP contribution in [-0.2, 0) is 16.0 Å². The van der Waals surface area contributed by atoms with E-state index in [1.54, 1.807) is 25.3 Å². The first kappa shape index (κ1) is 24.8. The largest absolute Gasteiger partial charge is 0.491 e. The summed E-state index contributed by atoms with van der Waals surface area (Å²) in [7, 11) is 1.58. The molecule has 0 radical (unpaired) electrons. The smallest absolute Gasteiger partial charge is 0.251 e. The molecule has 0 unspecified atom stereocenters. The van der Waals surface area contributed by atoms with Crippen LogP contribution in [0.25, 0.3) is 0 Å². The standard InChI is InChI=1S/C27H31N3O4/c1-33-18-16-28-27(32)22-12-7-13-23(19-22)29-20-26(31)30-24-14-5-6-15-25(24)34-17-8-11-21-9-3-2-4-10-21/h2-7,9-10,12-15,19,29H,8,11,16-18,20H2,1H3,(H,28,32)(H,30,31). The molecule has 3 N–H and O–H groups in total. The first-order chi connectivity index (χ1) is 16.7. The zero-order chi connectivity index (χ0) is 24.0. The minimum atomic E-state index is -0.213. The summed E-state index contributed by atoms with van der Waals surface area (Å²) in [5.41, 5.74) is 3.09. The SMILES string of the molecule is COCCNC(=O)c1cccc(NCC(=O)Nc2ccccc2OCCCc2ccccc2)c1. The molecule has 0 aliphatic carbocycles. The summed E-state index contributed by atoms with van der Waals surface area (Å²) in [5.74, 6) is 0.234. The van der Waals surface area contributed by atoms with Crippen LogP contribution < -0.4 is 20.7 Å². The molecular formula is C27H31N3O4. The number of benzene rings is 3. The van der Waals surface area contributed by atoms with Crippen LogP contribution in [0.3, 0.4) is 0 Å². The summed E-state index contributed by atoms with van der Waals surface area (Å²) >= 11 is 0. The zero-order valence-corrected chi connectivity index (χ0v) is 19.4. The van der Waals surface area contributed by atoms with Gasteiger partial charge in [-0.25, -0.2) is 0 Å². The van der Waals surface area contributed by atoms with Crippen molar-refractivity contribution in [3.63, 3.8) is 0 Å². The molecule has 0 heterocycles. The fourth-order valence-electron chi connectivity index (χ4n) is 3.31. The Hall–Kier alpha value is -3.84. The van der Waals surface area contributed by atoms with Crippen LogP contribution in [0.5, 0.6) is 5.75 Å². The van der Waals surface area contributed by atoms with Crippen molar-refractivity contribution in [2.24, 2.45) is 0 Å². The first-order valence-electron chi connectivity index (χ1n) is 11.3. The molecule has 0 spiro atoms. The van der Waals surface area contributed by atoms with Gasteiger partial charge in [-0.1, -0.05) is 48.5 Å². The third kappa shape index (κ3) is 8.26. The van der Waals surface area contributed by atoms with Crippen molar-refractivity contribution < 1.29 is 19.1 Å². The molecule has 7 heteroatoms. The highest BCUT2D eigenvalue weighted by Gasteiger charge is 2.09. The van der Waals surface area contributed by atoms with Gasteiger partial charge in [0.05, 0.1) is 25.4 Å². The van der Waals surface area contributed by atoms with E-state index in [9.17, 15) is 9.59 Å². The van der Waals surface area contributed by atoms with Gasteiger partial charge < -0.3 is 25.4 Å². The number of para-hydroxylation sites is 2. The normalized spacial score (nSPS) is 10.4. The van der Waals surface area contributed by atoms with Crippen molar-refractivity contribution in [3.8, 4) is 5.75 Å². The fourth-order valence-corrected chi connectivity index (χ4v) is 3.31. The number of rotatable bonds is 13. The number of amides is 2. The second-order valence-electron chi connectivity index (χ2n) is 7.67. The van der Waals surface area contributed by atoms with Crippen LogP contribution in [-0.4, -0.2) is 45.2 Å². The lowest BCUT2D eigenvalue weighted by atomic mass is 10.1. The predicted molar refractivity (Wildman–Crippen MR) is 134 cm³/mol. The summed E-state index contributed by atoms with van der Waals surface area (Å²) in [6.45, 7) is 1.49. The second kappa shape index (κ2) is 13.6. The molecule has 3 aromatic carbocycles. The number of nitrogens with one attached hydrogen (secondary N) is 3. The Bertz CT molecular complexity index is 1060. The molecule has 2 amide bonds. The van der Waals surface area contributed by atoms with Crippen LogP contribution in [0, 0.1) is 0 Å². The van der Waals surface area contributed by atoms with Crippen molar-refractivity contribution in [2.45, 2.75) is 12.8 Å². The number of carbonyl (C=O) groups is 2. The topological polar surface area (TPSA) is 88.7 Å². The molecule has 3 aromatic rings. The van der Waals surface area contributed by atoms with E-state index >= 15 is 0 Å². The Balaban J connectivity index is 1.47. The minimum Gasteiger partial charge on any atom is -0.491 e. The van der Waals surface area contributed by atoms with Crippen molar-refractivity contribution >= 4 is 23.2 Å². The summed E-state index contributed by atoms with van der Waals surface area (Å²) in [5, 5.41) is 8.73. The molecule has 7 nitrogen and oxygen atoms in total. The average Bonchev–Trinajstić information content (AvgIpc) is 2.87. The van der Waals surface area contributed by atoms with Gasteiger partial charge in [0, 0.05) is 24.9 Å². The Morgan fingerprint density at radius 3 is 2.50 bits per heavy atom. The van der Waals surface area contributed by atoms with Crippen molar-refractivity contribution in [1.82, 2.24) is 5.32 Å². The van der Waals surface area contributed by atoms with Crippen LogP contribution >= 0.6 is 0 Å². The zero-order valence-electron chi connectivity index (χ0n) is 19.4. The molecule has 0 bridgehead atoms. The Kier molecular flexibility index (Phi) is 9.95. The highest BCUT2D eigenvalue weighted by atomic mass is 16.5. The van der Waals surface area contributed by atoms with Crippen molar-refractivity contribution in [3.05, 3.63) is 90.0 Å². The highest BCUT2D eigenvalue weighted by Crippen LogP contribution is 2.24. The van der Waals surface area contributed by atoms with Gasteiger partial charge in [-0.15, -0.1) is 0 Å². The van der Waals surface area contributed by atoms with Crippen LogP contribution in [0.4, 0.5) is 11.4 Å². The maximum Gasteiger partial charge on any atom is 0.251 e. The third-order valence-electron chi connectivity index (χ3n) is 5.04. The van der Waals surface area contributed by atoms with E-state index in [0.717, 1.165) is 12.8 Å². The van der Waals surface area contributed by atoms with Crippen molar-refractivity contribution in [2.75, 3.05) is 44.0 Å². The number of aryl methyl sites for hydroxylation is 1. The second-order valence-corrected chi connectivity index (χ2v) is 7.67. The number of ether oxygens (including phenoxy) is 2. The van der Waals surface area contributed by atoms with Gasteiger partial charge in [0.25, 0.3) is 5.91 Å². The molecule has 0 fully saturated rings. The molecule has 34 heavy (non-hydrogen) atoms. The third-order valence-corrected chi connectivity index (χ3v) is 5.04. The minimum absolute atomic E-state index is 0.0527. The van der Waals surface area contributed by atoms with E-state index in [-0.39, 0.29) is 18.4 Å². The molecule has 0 aliphatic heterocycles. The van der Waals surface area contributed by atoms with E-state index in [1.807, 2.05) is 48.5 Å². The molecule has 0 aliphatic rings. The lowest BCUT2D eigenvalue weighted by Crippen LogP contribution is -2.27. The van der Waals surface area contributed by atoms with Gasteiger partial charge in [0.15, 0.2) is 0 Å². The van der Waals surface area contributed by atoms with Gasteiger partial charge in [0.2, 0.25) is 5.91 Å². The quantitative estimate of drug-likeness (QED) is 0.333. The fraction of sp³-hybridized carbons (Fsp3) is 0.259. The monoisotopic (exact) mass is 461 g/mol. The summed E-state index contributed by atoms with van der Waals surface area (Å²) in [6.07, 6.45) is 1.81. The van der Waals surface area contributed by atoms with Crippen LogP contribution in [0.2, 0.25) is 0 Å². The molecule has 0 atom stereocenters. The van der Waals surface area contributed by atoms with E-state index < -0.39 is 0 Å². The molecule has 0 aromatic heterocycles. The van der Waals surface area contributed by atoms with E-state index in [4.69, 9.17) is 9.47 Å². The van der Waals surface area contributed by atoms with E-state index in [2.05, 4.69) is 28.1 Å². The van der Waals surface area contributed by atoms with Crippen molar-refractivity contribution in [1.29, 1.82) is 0 Å². The summed E-state index contributed by atoms with van der Waals surface area (Å²) < 4.78 is 10.9. The molecule has 0 saturated heterocycles. The Labute approximate surface area is 200 Å². The first-order valence-corrected chi connectivity index (χ1v) is 11.3. The average molecular weight is 462 g/mol. The molecular weight excluding hydrogens is 430 g/mol. The Morgan fingerprint density at radius 2 is 1.68 bits per heavy atom.